The summed E-state index contributed by atoms with van der Waals surface area (Å²) in [6.45, 7) is 6.92. The molecule has 0 aliphatic carbocycles. The van der Waals surface area contributed by atoms with Crippen molar-refractivity contribution in [1.29, 1.82) is 0 Å². The van der Waals surface area contributed by atoms with Crippen molar-refractivity contribution in [3.05, 3.63) is 28.8 Å². The van der Waals surface area contributed by atoms with Crippen LogP contribution in [0, 0.1) is 5.92 Å². The number of amides is 2. The predicted molar refractivity (Wildman–Crippen MR) is 120 cm³/mol. The second-order valence-corrected chi connectivity index (χ2v) is 9.56. The second-order valence-electron chi connectivity index (χ2n) is 9.15. The van der Waals surface area contributed by atoms with E-state index in [1.807, 2.05) is 20.8 Å². The van der Waals surface area contributed by atoms with Crippen molar-refractivity contribution in [3.63, 3.8) is 0 Å². The number of ether oxygens (including phenoxy) is 2. The largest absolute Gasteiger partial charge is 0.494 e. The maximum absolute atomic E-state index is 14.6. The van der Waals surface area contributed by atoms with Gasteiger partial charge in [-0.15, -0.1) is 0 Å². The molecule has 1 atom stereocenters. The number of carbonyl (C=O) groups is 2. The summed E-state index contributed by atoms with van der Waals surface area (Å²) in [5.74, 6) is 0.334. The van der Waals surface area contributed by atoms with Crippen molar-refractivity contribution < 1.29 is 23.5 Å². The summed E-state index contributed by atoms with van der Waals surface area (Å²) in [6, 6.07) is 4.94. The van der Waals surface area contributed by atoms with Crippen LogP contribution in [0.1, 0.15) is 56.8 Å². The lowest BCUT2D eigenvalue weighted by atomic mass is 9.90. The summed E-state index contributed by atoms with van der Waals surface area (Å²) in [6.07, 6.45) is 1.00. The standard InChI is InChI=1S/C23H34ClFN2O4/c1-23(2,3)31-22(29)27-12-10-16(11-13-27)20(25)7-6-14-30-17-8-9-18(19(24)15-17)21(28)26(4)5/h8-9,15-16,20H,6-7,10-14H2,1-5H3. The molecule has 174 valence electrons. The minimum absolute atomic E-state index is 0.0514. The molecule has 8 heteroatoms. The molecule has 0 aromatic heterocycles. The molecule has 0 radical (unpaired) electrons. The van der Waals surface area contributed by atoms with Crippen LogP contribution in [0.25, 0.3) is 0 Å². The molecular weight excluding hydrogens is 423 g/mol. The topological polar surface area (TPSA) is 59.1 Å². The average molecular weight is 457 g/mol. The molecule has 31 heavy (non-hydrogen) atoms. The van der Waals surface area contributed by atoms with Gasteiger partial charge in [0, 0.05) is 27.2 Å². The van der Waals surface area contributed by atoms with E-state index >= 15 is 0 Å². The Morgan fingerprint density at radius 3 is 2.45 bits per heavy atom. The van der Waals surface area contributed by atoms with Crippen LogP contribution >= 0.6 is 11.6 Å². The Morgan fingerprint density at radius 2 is 1.90 bits per heavy atom. The van der Waals surface area contributed by atoms with Crippen LogP contribution in [0.2, 0.25) is 5.02 Å². The van der Waals surface area contributed by atoms with Crippen LogP contribution in [-0.4, -0.2) is 67.4 Å². The number of nitrogens with zero attached hydrogens (tertiary/aromatic N) is 2. The smallest absolute Gasteiger partial charge is 0.410 e. The molecule has 0 saturated carbocycles. The molecule has 0 bridgehead atoms. The molecular formula is C23H34ClFN2O4. The monoisotopic (exact) mass is 456 g/mol. The third-order valence-corrected chi connectivity index (χ3v) is 5.49. The third kappa shape index (κ3) is 7.87. The summed E-state index contributed by atoms with van der Waals surface area (Å²) in [4.78, 5) is 27.2. The van der Waals surface area contributed by atoms with Crippen molar-refractivity contribution in [2.45, 2.75) is 58.2 Å². The molecule has 1 aromatic carbocycles. The minimum atomic E-state index is -0.923. The Labute approximate surface area is 189 Å². The fraction of sp³-hybridized carbons (Fsp3) is 0.652. The van der Waals surface area contributed by atoms with Crippen LogP contribution in [0.15, 0.2) is 18.2 Å². The normalized spacial score (nSPS) is 16.0. The third-order valence-electron chi connectivity index (χ3n) is 5.17. The lowest BCUT2D eigenvalue weighted by molar-refractivity contribution is 0.0139. The van der Waals surface area contributed by atoms with E-state index in [-0.39, 0.29) is 17.9 Å². The van der Waals surface area contributed by atoms with Gasteiger partial charge in [0.05, 0.1) is 17.2 Å². The highest BCUT2D eigenvalue weighted by atomic mass is 35.5. The Balaban J connectivity index is 1.71. The molecule has 1 fully saturated rings. The first-order valence-electron chi connectivity index (χ1n) is 10.7. The number of carbonyl (C=O) groups excluding carboxylic acids is 2. The van der Waals surface area contributed by atoms with E-state index < -0.39 is 11.8 Å². The number of alkyl halides is 1. The summed E-state index contributed by atoms with van der Waals surface area (Å²) in [7, 11) is 3.33. The van der Waals surface area contributed by atoms with E-state index in [9.17, 15) is 14.0 Å². The number of likely N-dealkylation sites (tertiary alicyclic amines) is 1. The van der Waals surface area contributed by atoms with Crippen molar-refractivity contribution >= 4 is 23.6 Å². The summed E-state index contributed by atoms with van der Waals surface area (Å²) in [5.41, 5.74) is -0.108. The van der Waals surface area contributed by atoms with E-state index in [0.717, 1.165) is 0 Å². The summed E-state index contributed by atoms with van der Waals surface area (Å²) < 4.78 is 25.7. The van der Waals surface area contributed by atoms with Crippen LogP contribution in [0.3, 0.4) is 0 Å². The van der Waals surface area contributed by atoms with Crippen molar-refractivity contribution in [1.82, 2.24) is 9.80 Å². The van der Waals surface area contributed by atoms with Gasteiger partial charge in [-0.05, 0) is 70.6 Å². The van der Waals surface area contributed by atoms with Crippen LogP contribution in [-0.2, 0) is 4.74 Å². The summed E-state index contributed by atoms with van der Waals surface area (Å²) in [5, 5.41) is 0.330. The van der Waals surface area contributed by atoms with Gasteiger partial charge < -0.3 is 19.3 Å². The highest BCUT2D eigenvalue weighted by Crippen LogP contribution is 2.27. The van der Waals surface area contributed by atoms with E-state index in [4.69, 9.17) is 21.1 Å². The number of piperidine rings is 1. The number of halogens is 2. The first kappa shape index (κ1) is 25.2. The molecule has 0 spiro atoms. The van der Waals surface area contributed by atoms with Crippen molar-refractivity contribution in [2.24, 2.45) is 5.92 Å². The highest BCUT2D eigenvalue weighted by Gasteiger charge is 2.30. The van der Waals surface area contributed by atoms with Crippen LogP contribution in [0.5, 0.6) is 5.75 Å². The van der Waals surface area contributed by atoms with Crippen molar-refractivity contribution in [3.8, 4) is 5.75 Å². The molecule has 1 aromatic rings. The Morgan fingerprint density at radius 1 is 1.26 bits per heavy atom. The minimum Gasteiger partial charge on any atom is -0.494 e. The predicted octanol–water partition coefficient (Wildman–Crippen LogP) is 5.19. The van der Waals surface area contributed by atoms with E-state index in [1.54, 1.807) is 37.2 Å². The maximum Gasteiger partial charge on any atom is 0.410 e. The number of hydrogen-bond donors (Lipinski definition) is 0. The first-order valence-corrected chi connectivity index (χ1v) is 11.1. The van der Waals surface area contributed by atoms with Gasteiger partial charge in [0.2, 0.25) is 0 Å². The first-order chi connectivity index (χ1) is 14.5. The van der Waals surface area contributed by atoms with Gasteiger partial charge in [0.1, 0.15) is 17.5 Å². The average Bonchev–Trinajstić information content (AvgIpc) is 2.69. The lowest BCUT2D eigenvalue weighted by Crippen LogP contribution is -2.43. The van der Waals surface area contributed by atoms with Crippen LogP contribution in [0.4, 0.5) is 9.18 Å². The molecule has 2 rings (SSSR count). The van der Waals surface area contributed by atoms with Gasteiger partial charge in [-0.1, -0.05) is 11.6 Å². The van der Waals surface area contributed by atoms with Crippen LogP contribution < -0.4 is 4.74 Å². The van der Waals surface area contributed by atoms with E-state index in [1.165, 1.54) is 4.90 Å². The lowest BCUT2D eigenvalue weighted by Gasteiger charge is -2.34. The fourth-order valence-corrected chi connectivity index (χ4v) is 3.73. The van der Waals surface area contributed by atoms with E-state index in [2.05, 4.69) is 0 Å². The fourth-order valence-electron chi connectivity index (χ4n) is 3.47. The molecule has 6 nitrogen and oxygen atoms in total. The Kier molecular flexibility index (Phi) is 8.98. The molecule has 1 heterocycles. The van der Waals surface area contributed by atoms with Gasteiger partial charge in [0.15, 0.2) is 0 Å². The van der Waals surface area contributed by atoms with Gasteiger partial charge >= 0.3 is 6.09 Å². The Bertz CT molecular complexity index is 758. The van der Waals surface area contributed by atoms with Gasteiger partial charge in [-0.25, -0.2) is 9.18 Å². The number of hydrogen-bond acceptors (Lipinski definition) is 4. The summed E-state index contributed by atoms with van der Waals surface area (Å²) >= 11 is 6.18. The number of rotatable bonds is 7. The molecule has 2 amide bonds. The van der Waals surface area contributed by atoms with E-state index in [0.29, 0.717) is 61.7 Å². The molecule has 1 aliphatic heterocycles. The van der Waals surface area contributed by atoms with Gasteiger partial charge in [-0.3, -0.25) is 4.79 Å². The highest BCUT2D eigenvalue weighted by molar-refractivity contribution is 6.34. The second kappa shape index (κ2) is 11.0. The molecule has 1 unspecified atom stereocenters. The Hall–Kier alpha value is -2.02. The zero-order valence-corrected chi connectivity index (χ0v) is 19.9. The molecule has 1 aliphatic rings. The van der Waals surface area contributed by atoms with Gasteiger partial charge in [0.25, 0.3) is 5.91 Å². The quantitative estimate of drug-likeness (QED) is 0.530. The number of benzene rings is 1. The molecule has 1 saturated heterocycles. The molecule has 0 N–H and O–H groups in total. The maximum atomic E-state index is 14.6. The van der Waals surface area contributed by atoms with Gasteiger partial charge in [-0.2, -0.15) is 0 Å². The van der Waals surface area contributed by atoms with Crippen molar-refractivity contribution in [2.75, 3.05) is 33.8 Å². The SMILES string of the molecule is CN(C)C(=O)c1ccc(OCCCC(F)C2CCN(C(=O)OC(C)(C)C)CC2)cc1Cl. The zero-order valence-electron chi connectivity index (χ0n) is 19.1. The zero-order chi connectivity index (χ0) is 23.2.